The number of benzene rings is 1. The standard InChI is InChI=1S/C23H31N3O5SSi/c1-22(2,3)33(4,5)30-15-17-19(28)23(12-13-24,32-16-9-7-6-8-10-16)20(31-17)26-14-11-18(27)25-21(26)29/h6-11,14,17,19-20,28H,12,15H2,1-5H3,(H,25,27,29)/t17-,19-,20-,23-/m1/s1. The number of aliphatic hydroxyl groups is 1. The molecule has 0 saturated carbocycles. The molecule has 4 atom stereocenters. The van der Waals surface area contributed by atoms with Gasteiger partial charge in [0.2, 0.25) is 0 Å². The zero-order valence-electron chi connectivity index (χ0n) is 19.6. The molecule has 1 saturated heterocycles. The van der Waals surface area contributed by atoms with Crippen LogP contribution in [0.25, 0.3) is 0 Å². The van der Waals surface area contributed by atoms with Gasteiger partial charge in [-0.15, -0.1) is 11.8 Å². The molecule has 0 radical (unpaired) electrons. The van der Waals surface area contributed by atoms with E-state index < -0.39 is 42.7 Å². The summed E-state index contributed by atoms with van der Waals surface area (Å²) < 4.78 is 12.6. The van der Waals surface area contributed by atoms with Gasteiger partial charge in [-0.25, -0.2) is 4.79 Å². The summed E-state index contributed by atoms with van der Waals surface area (Å²) in [4.78, 5) is 27.4. The fourth-order valence-corrected chi connectivity index (χ4v) is 5.96. The molecule has 0 spiro atoms. The lowest BCUT2D eigenvalue weighted by atomic mass is 9.95. The fourth-order valence-electron chi connectivity index (χ4n) is 3.54. The van der Waals surface area contributed by atoms with E-state index in [-0.39, 0.29) is 18.1 Å². The zero-order chi connectivity index (χ0) is 24.4. The average molecular weight is 490 g/mol. The monoisotopic (exact) mass is 489 g/mol. The predicted molar refractivity (Wildman–Crippen MR) is 130 cm³/mol. The first kappa shape index (κ1) is 25.5. The lowest BCUT2D eigenvalue weighted by Gasteiger charge is -2.37. The molecule has 0 bridgehead atoms. The van der Waals surface area contributed by atoms with Crippen molar-refractivity contribution in [1.82, 2.24) is 9.55 Å². The Hall–Kier alpha value is -2.16. The van der Waals surface area contributed by atoms with Crippen LogP contribution in [-0.2, 0) is 9.16 Å². The van der Waals surface area contributed by atoms with Crippen molar-refractivity contribution in [1.29, 1.82) is 5.26 Å². The highest BCUT2D eigenvalue weighted by atomic mass is 32.2. The summed E-state index contributed by atoms with van der Waals surface area (Å²) in [6.45, 7) is 10.7. The number of nitrogens with one attached hydrogen (secondary N) is 1. The molecule has 1 fully saturated rings. The molecular formula is C23H31N3O5SSi. The van der Waals surface area contributed by atoms with E-state index in [4.69, 9.17) is 9.16 Å². The first-order valence-corrected chi connectivity index (χ1v) is 14.5. The van der Waals surface area contributed by atoms with E-state index >= 15 is 0 Å². The fraction of sp³-hybridized carbons (Fsp3) is 0.522. The summed E-state index contributed by atoms with van der Waals surface area (Å²) in [6.07, 6.45) is -1.59. The number of ether oxygens (including phenoxy) is 1. The molecule has 0 aliphatic carbocycles. The number of thioether (sulfide) groups is 1. The number of nitriles is 1. The van der Waals surface area contributed by atoms with Crippen LogP contribution in [0.15, 0.2) is 57.1 Å². The van der Waals surface area contributed by atoms with Crippen molar-refractivity contribution in [2.45, 2.75) is 73.4 Å². The Morgan fingerprint density at radius 3 is 2.52 bits per heavy atom. The SMILES string of the molecule is CC(C)(C)[Si](C)(C)OC[C@H]1O[C@@H](n2ccc(=O)[nH]c2=O)[C@](CC#N)(Sc2ccccc2)[C@@H]1O. The van der Waals surface area contributed by atoms with Gasteiger partial charge in [-0.1, -0.05) is 39.0 Å². The number of H-pyrrole nitrogens is 1. The van der Waals surface area contributed by atoms with Gasteiger partial charge in [-0.05, 0) is 30.3 Å². The van der Waals surface area contributed by atoms with Crippen LogP contribution in [0.2, 0.25) is 18.1 Å². The smallest absolute Gasteiger partial charge is 0.330 e. The van der Waals surface area contributed by atoms with E-state index in [0.29, 0.717) is 0 Å². The second kappa shape index (κ2) is 9.60. The molecule has 1 aromatic carbocycles. The lowest BCUT2D eigenvalue weighted by Crippen LogP contribution is -2.48. The summed E-state index contributed by atoms with van der Waals surface area (Å²) in [6, 6.07) is 12.8. The van der Waals surface area contributed by atoms with E-state index in [1.807, 2.05) is 30.3 Å². The van der Waals surface area contributed by atoms with E-state index in [1.165, 1.54) is 28.6 Å². The second-order valence-electron chi connectivity index (χ2n) is 9.77. The molecule has 3 rings (SSSR count). The van der Waals surface area contributed by atoms with Gasteiger partial charge < -0.3 is 14.3 Å². The summed E-state index contributed by atoms with van der Waals surface area (Å²) in [5, 5.41) is 21.2. The quantitative estimate of drug-likeness (QED) is 0.573. The number of aromatic amines is 1. The number of aromatic nitrogens is 2. The lowest BCUT2D eigenvalue weighted by molar-refractivity contribution is -0.0445. The van der Waals surface area contributed by atoms with Crippen LogP contribution in [0.3, 0.4) is 0 Å². The van der Waals surface area contributed by atoms with E-state index in [9.17, 15) is 20.0 Å². The molecule has 33 heavy (non-hydrogen) atoms. The third kappa shape index (κ3) is 5.18. The first-order valence-electron chi connectivity index (χ1n) is 10.8. The predicted octanol–water partition coefficient (Wildman–Crippen LogP) is 3.26. The number of hydrogen-bond acceptors (Lipinski definition) is 7. The molecule has 1 aliphatic rings. The van der Waals surface area contributed by atoms with Crippen LogP contribution in [0.1, 0.15) is 33.4 Å². The maximum absolute atomic E-state index is 12.7. The third-order valence-electron chi connectivity index (χ3n) is 6.50. The summed E-state index contributed by atoms with van der Waals surface area (Å²) in [5.74, 6) is 0. The number of hydrogen-bond donors (Lipinski definition) is 2. The topological polar surface area (TPSA) is 117 Å². The van der Waals surface area contributed by atoms with Crippen molar-refractivity contribution in [3.8, 4) is 6.07 Å². The average Bonchev–Trinajstić information content (AvgIpc) is 2.98. The Bertz CT molecular complexity index is 1120. The molecule has 2 aromatic rings. The summed E-state index contributed by atoms with van der Waals surface area (Å²) >= 11 is 1.30. The van der Waals surface area contributed by atoms with Gasteiger partial charge in [0.05, 0.1) is 19.1 Å². The highest BCUT2D eigenvalue weighted by Gasteiger charge is 2.58. The number of rotatable bonds is 7. The third-order valence-corrected chi connectivity index (χ3v) is 12.5. The maximum Gasteiger partial charge on any atom is 0.330 e. The van der Waals surface area contributed by atoms with Crippen molar-refractivity contribution < 1.29 is 14.3 Å². The Morgan fingerprint density at radius 1 is 1.27 bits per heavy atom. The van der Waals surface area contributed by atoms with Gasteiger partial charge in [0.15, 0.2) is 14.5 Å². The molecule has 178 valence electrons. The van der Waals surface area contributed by atoms with Crippen LogP contribution >= 0.6 is 11.8 Å². The second-order valence-corrected chi connectivity index (χ2v) is 16.0. The maximum atomic E-state index is 12.7. The van der Waals surface area contributed by atoms with E-state index in [2.05, 4.69) is 44.9 Å². The van der Waals surface area contributed by atoms with E-state index in [1.54, 1.807) is 0 Å². The van der Waals surface area contributed by atoms with E-state index in [0.717, 1.165) is 4.90 Å². The molecule has 1 aliphatic heterocycles. The first-order chi connectivity index (χ1) is 15.4. The molecule has 2 heterocycles. The minimum Gasteiger partial charge on any atom is -0.414 e. The molecular weight excluding hydrogens is 458 g/mol. The van der Waals surface area contributed by atoms with Gasteiger partial charge in [0, 0.05) is 17.2 Å². The van der Waals surface area contributed by atoms with Gasteiger partial charge in [0.25, 0.3) is 5.56 Å². The molecule has 2 N–H and O–H groups in total. The van der Waals surface area contributed by atoms with Gasteiger partial charge in [-0.3, -0.25) is 14.3 Å². The van der Waals surface area contributed by atoms with Crippen molar-refractivity contribution in [2.24, 2.45) is 0 Å². The van der Waals surface area contributed by atoms with Crippen LogP contribution in [0.5, 0.6) is 0 Å². The van der Waals surface area contributed by atoms with Gasteiger partial charge in [-0.2, -0.15) is 5.26 Å². The highest BCUT2D eigenvalue weighted by molar-refractivity contribution is 8.00. The van der Waals surface area contributed by atoms with Crippen LogP contribution < -0.4 is 11.2 Å². The van der Waals surface area contributed by atoms with Crippen LogP contribution in [0.4, 0.5) is 0 Å². The zero-order valence-corrected chi connectivity index (χ0v) is 21.4. The summed E-state index contributed by atoms with van der Waals surface area (Å²) in [5.41, 5.74) is -1.20. The molecule has 8 nitrogen and oxygen atoms in total. The minimum absolute atomic E-state index is 0.0334. The van der Waals surface area contributed by atoms with Crippen LogP contribution in [0, 0.1) is 11.3 Å². The highest BCUT2D eigenvalue weighted by Crippen LogP contribution is 2.52. The van der Waals surface area contributed by atoms with Crippen molar-refractivity contribution >= 4 is 20.1 Å². The van der Waals surface area contributed by atoms with Gasteiger partial charge >= 0.3 is 5.69 Å². The number of aliphatic hydroxyl groups excluding tert-OH is 1. The normalized spacial score (nSPS) is 25.7. The van der Waals surface area contributed by atoms with Crippen LogP contribution in [-0.4, -0.2) is 46.5 Å². The Kier molecular flexibility index (Phi) is 7.41. The van der Waals surface area contributed by atoms with Crippen molar-refractivity contribution in [3.63, 3.8) is 0 Å². The van der Waals surface area contributed by atoms with Crippen molar-refractivity contribution in [2.75, 3.05) is 6.61 Å². The number of nitrogens with zero attached hydrogens (tertiary/aromatic N) is 2. The Balaban J connectivity index is 2.04. The largest absolute Gasteiger partial charge is 0.414 e. The minimum atomic E-state index is -2.14. The molecule has 0 amide bonds. The van der Waals surface area contributed by atoms with Crippen molar-refractivity contribution in [3.05, 3.63) is 63.4 Å². The summed E-state index contributed by atoms with van der Waals surface area (Å²) in [7, 11) is -2.14. The molecule has 10 heteroatoms. The molecule has 1 aromatic heterocycles. The Labute approximate surface area is 198 Å². The molecule has 0 unspecified atom stereocenters. The van der Waals surface area contributed by atoms with Gasteiger partial charge in [0.1, 0.15) is 17.0 Å². The Morgan fingerprint density at radius 2 is 1.94 bits per heavy atom.